The molecule has 72 valence electrons. The molecule has 0 aromatic carbocycles. The van der Waals surface area contributed by atoms with Gasteiger partial charge in [0, 0.05) is 23.6 Å². The number of aryl methyl sites for hydroxylation is 1. The van der Waals surface area contributed by atoms with Crippen LogP contribution in [0.3, 0.4) is 0 Å². The highest BCUT2D eigenvalue weighted by Gasteiger charge is 2.30. The van der Waals surface area contributed by atoms with Crippen molar-refractivity contribution in [1.29, 1.82) is 0 Å². The third-order valence-corrected chi connectivity index (χ3v) is 3.42. The fourth-order valence-electron chi connectivity index (χ4n) is 1.65. The van der Waals surface area contributed by atoms with Gasteiger partial charge in [0.2, 0.25) is 0 Å². The van der Waals surface area contributed by atoms with Crippen molar-refractivity contribution in [3.05, 3.63) is 16.1 Å². The van der Waals surface area contributed by atoms with E-state index in [0.29, 0.717) is 12.5 Å². The van der Waals surface area contributed by atoms with Gasteiger partial charge >= 0.3 is 0 Å². The van der Waals surface area contributed by atoms with Crippen LogP contribution in [0.15, 0.2) is 5.38 Å². The molecule has 0 amide bonds. The van der Waals surface area contributed by atoms with Gasteiger partial charge in [0.1, 0.15) is 11.1 Å². The molecule has 2 N–H and O–H groups in total. The average Bonchev–Trinajstić information content (AvgIpc) is 2.71. The van der Waals surface area contributed by atoms with Crippen LogP contribution in [0.2, 0.25) is 0 Å². The maximum absolute atomic E-state index is 5.67. The van der Waals surface area contributed by atoms with Gasteiger partial charge in [0.05, 0.1) is 0 Å². The van der Waals surface area contributed by atoms with Crippen LogP contribution >= 0.6 is 11.3 Å². The van der Waals surface area contributed by atoms with Gasteiger partial charge in [-0.05, 0) is 19.9 Å². The lowest BCUT2D eigenvalue weighted by atomic mass is 10.0. The van der Waals surface area contributed by atoms with Crippen molar-refractivity contribution in [2.45, 2.75) is 19.4 Å². The summed E-state index contributed by atoms with van der Waals surface area (Å²) in [6.07, 6.45) is 1.23. The van der Waals surface area contributed by atoms with Gasteiger partial charge in [-0.25, -0.2) is 4.98 Å². The van der Waals surface area contributed by atoms with E-state index in [-0.39, 0.29) is 6.10 Å². The summed E-state index contributed by atoms with van der Waals surface area (Å²) in [5.74, 6) is 0.463. The van der Waals surface area contributed by atoms with E-state index in [1.165, 1.54) is 0 Å². The quantitative estimate of drug-likeness (QED) is 0.783. The van der Waals surface area contributed by atoms with Crippen molar-refractivity contribution in [2.75, 3.05) is 13.2 Å². The van der Waals surface area contributed by atoms with E-state index in [0.717, 1.165) is 23.7 Å². The second-order valence-corrected chi connectivity index (χ2v) is 4.29. The lowest BCUT2D eigenvalue weighted by Crippen LogP contribution is -2.17. The Balaban J connectivity index is 2.15. The molecule has 1 aliphatic heterocycles. The molecule has 2 rings (SSSR count). The fourth-order valence-corrected chi connectivity index (χ4v) is 2.59. The molecule has 0 bridgehead atoms. The van der Waals surface area contributed by atoms with Gasteiger partial charge < -0.3 is 10.5 Å². The highest BCUT2D eigenvalue weighted by Crippen LogP contribution is 2.35. The minimum atomic E-state index is 0.156. The molecule has 0 radical (unpaired) electrons. The van der Waals surface area contributed by atoms with Gasteiger partial charge in [-0.3, -0.25) is 0 Å². The van der Waals surface area contributed by atoms with Crippen LogP contribution in [0, 0.1) is 12.8 Å². The topological polar surface area (TPSA) is 48.1 Å². The molecule has 0 spiro atoms. The number of hydrogen-bond donors (Lipinski definition) is 1. The van der Waals surface area contributed by atoms with Crippen molar-refractivity contribution in [1.82, 2.24) is 4.98 Å². The Morgan fingerprint density at radius 1 is 1.77 bits per heavy atom. The molecule has 0 saturated carbocycles. The van der Waals surface area contributed by atoms with Crippen LogP contribution in [0.5, 0.6) is 0 Å². The van der Waals surface area contributed by atoms with Crippen molar-refractivity contribution in [3.63, 3.8) is 0 Å². The second-order valence-electron chi connectivity index (χ2n) is 3.40. The zero-order valence-corrected chi connectivity index (χ0v) is 8.51. The van der Waals surface area contributed by atoms with Crippen molar-refractivity contribution < 1.29 is 4.74 Å². The summed E-state index contributed by atoms with van der Waals surface area (Å²) < 4.78 is 5.62. The molecule has 2 atom stereocenters. The molecule has 1 aliphatic rings. The Kier molecular flexibility index (Phi) is 2.62. The minimum absolute atomic E-state index is 0.156. The SMILES string of the molecule is Cc1csc(C2OCCC2CN)n1. The van der Waals surface area contributed by atoms with Crippen molar-refractivity contribution in [2.24, 2.45) is 11.7 Å². The number of rotatable bonds is 2. The largest absolute Gasteiger partial charge is 0.371 e. The summed E-state index contributed by atoms with van der Waals surface area (Å²) >= 11 is 1.67. The number of nitrogens with zero attached hydrogens (tertiary/aromatic N) is 1. The molecule has 13 heavy (non-hydrogen) atoms. The van der Waals surface area contributed by atoms with Crippen molar-refractivity contribution >= 4 is 11.3 Å². The molecular weight excluding hydrogens is 184 g/mol. The van der Waals surface area contributed by atoms with Gasteiger partial charge in [-0.1, -0.05) is 0 Å². The number of ether oxygens (including phenoxy) is 1. The van der Waals surface area contributed by atoms with Crippen LogP contribution in [-0.2, 0) is 4.74 Å². The van der Waals surface area contributed by atoms with E-state index >= 15 is 0 Å². The van der Waals surface area contributed by atoms with Gasteiger partial charge in [0.25, 0.3) is 0 Å². The van der Waals surface area contributed by atoms with Crippen molar-refractivity contribution in [3.8, 4) is 0 Å². The predicted octanol–water partition coefficient (Wildman–Crippen LogP) is 1.49. The van der Waals surface area contributed by atoms with Crippen LogP contribution in [0.1, 0.15) is 23.2 Å². The Hall–Kier alpha value is -0.450. The first-order chi connectivity index (χ1) is 6.31. The second kappa shape index (κ2) is 3.74. The Bertz CT molecular complexity index is 287. The summed E-state index contributed by atoms with van der Waals surface area (Å²) in [5, 5.41) is 3.15. The van der Waals surface area contributed by atoms with Gasteiger partial charge in [-0.15, -0.1) is 11.3 Å². The molecular formula is C9H14N2OS. The normalized spacial score (nSPS) is 28.2. The van der Waals surface area contributed by atoms with Gasteiger partial charge in [0.15, 0.2) is 0 Å². The number of aromatic nitrogens is 1. The summed E-state index contributed by atoms with van der Waals surface area (Å²) in [4.78, 5) is 4.43. The predicted molar refractivity (Wildman–Crippen MR) is 52.7 cm³/mol. The van der Waals surface area contributed by atoms with Crippen LogP contribution < -0.4 is 5.73 Å². The zero-order valence-electron chi connectivity index (χ0n) is 7.69. The molecule has 1 fully saturated rings. The highest BCUT2D eigenvalue weighted by atomic mass is 32.1. The van der Waals surface area contributed by atoms with E-state index < -0.39 is 0 Å². The maximum Gasteiger partial charge on any atom is 0.122 e. The van der Waals surface area contributed by atoms with Crippen LogP contribution in [0.4, 0.5) is 0 Å². The smallest absolute Gasteiger partial charge is 0.122 e. The average molecular weight is 198 g/mol. The lowest BCUT2D eigenvalue weighted by molar-refractivity contribution is 0.0921. The van der Waals surface area contributed by atoms with E-state index in [1.807, 2.05) is 6.92 Å². The molecule has 2 heterocycles. The van der Waals surface area contributed by atoms with E-state index in [4.69, 9.17) is 10.5 Å². The lowest BCUT2D eigenvalue weighted by Gasteiger charge is -2.13. The number of thiazole rings is 1. The van der Waals surface area contributed by atoms with Gasteiger partial charge in [-0.2, -0.15) is 0 Å². The third kappa shape index (κ3) is 1.75. The Morgan fingerprint density at radius 3 is 3.23 bits per heavy atom. The molecule has 1 saturated heterocycles. The first-order valence-electron chi connectivity index (χ1n) is 4.55. The molecule has 1 aromatic rings. The Labute approximate surface area is 81.9 Å². The van der Waals surface area contributed by atoms with E-state index in [1.54, 1.807) is 11.3 Å². The summed E-state index contributed by atoms with van der Waals surface area (Å²) in [6.45, 7) is 3.53. The summed E-state index contributed by atoms with van der Waals surface area (Å²) in [7, 11) is 0. The molecule has 1 aromatic heterocycles. The molecule has 0 aliphatic carbocycles. The van der Waals surface area contributed by atoms with Crippen LogP contribution in [-0.4, -0.2) is 18.1 Å². The third-order valence-electron chi connectivity index (χ3n) is 2.40. The number of nitrogens with two attached hydrogens (primary N) is 1. The molecule has 3 nitrogen and oxygen atoms in total. The molecule has 2 unspecified atom stereocenters. The standard InChI is InChI=1S/C9H14N2OS/c1-6-5-13-9(11-6)8-7(4-10)2-3-12-8/h5,7-8H,2-4,10H2,1H3. The highest BCUT2D eigenvalue weighted by molar-refractivity contribution is 7.09. The number of hydrogen-bond acceptors (Lipinski definition) is 4. The minimum Gasteiger partial charge on any atom is -0.371 e. The fraction of sp³-hybridized carbons (Fsp3) is 0.667. The summed E-state index contributed by atoms with van der Waals surface area (Å²) in [5.41, 5.74) is 6.74. The first-order valence-corrected chi connectivity index (χ1v) is 5.43. The Morgan fingerprint density at radius 2 is 2.62 bits per heavy atom. The maximum atomic E-state index is 5.67. The monoisotopic (exact) mass is 198 g/mol. The van der Waals surface area contributed by atoms with Crippen LogP contribution in [0.25, 0.3) is 0 Å². The summed E-state index contributed by atoms with van der Waals surface area (Å²) in [6, 6.07) is 0. The van der Waals surface area contributed by atoms with E-state index in [2.05, 4.69) is 10.4 Å². The van der Waals surface area contributed by atoms with E-state index in [9.17, 15) is 0 Å². The molecule has 4 heteroatoms. The first kappa shape index (κ1) is 9.12. The zero-order chi connectivity index (χ0) is 9.26.